The summed E-state index contributed by atoms with van der Waals surface area (Å²) in [6.45, 7) is 0. The predicted molar refractivity (Wildman–Crippen MR) is 144 cm³/mol. The molecule has 0 aliphatic heterocycles. The van der Waals surface area contributed by atoms with Crippen molar-refractivity contribution in [3.8, 4) is 33.9 Å². The van der Waals surface area contributed by atoms with Crippen LogP contribution in [0.1, 0.15) is 0 Å². The quantitative estimate of drug-likeness (QED) is 0.264. The Bertz CT molecular complexity index is 1220. The third kappa shape index (κ3) is 4.48. The molecule has 6 heteroatoms. The first-order valence-electron chi connectivity index (χ1n) is 10.3. The smallest absolute Gasteiger partial charge is 0.140 e. The first kappa shape index (κ1) is 22.6. The van der Waals surface area contributed by atoms with Crippen LogP contribution in [0, 0.1) is 0 Å². The van der Waals surface area contributed by atoms with Crippen molar-refractivity contribution in [2.24, 2.45) is 7.05 Å². The molecule has 0 bridgehead atoms. The minimum absolute atomic E-state index is 0.922. The highest BCUT2D eigenvalue weighted by Crippen LogP contribution is 2.37. The number of imidazole rings is 1. The summed E-state index contributed by atoms with van der Waals surface area (Å²) in [7, 11) is 10.3. The van der Waals surface area contributed by atoms with Gasteiger partial charge in [-0.15, -0.1) is 0 Å². The van der Waals surface area contributed by atoms with E-state index in [-0.39, 0.29) is 0 Å². The van der Waals surface area contributed by atoms with Crippen LogP contribution in [-0.2, 0) is 7.05 Å². The van der Waals surface area contributed by atoms with Crippen LogP contribution in [0.3, 0.4) is 0 Å². The van der Waals surface area contributed by atoms with Crippen molar-refractivity contribution < 1.29 is 0 Å². The number of hydrogen-bond acceptors (Lipinski definition) is 3. The van der Waals surface area contributed by atoms with E-state index in [1.165, 1.54) is 5.69 Å². The molecule has 0 saturated carbocycles. The van der Waals surface area contributed by atoms with Gasteiger partial charge in [0.2, 0.25) is 0 Å². The van der Waals surface area contributed by atoms with E-state index >= 15 is 0 Å². The van der Waals surface area contributed by atoms with Crippen LogP contribution in [0.5, 0.6) is 0 Å². The van der Waals surface area contributed by atoms with E-state index in [0.29, 0.717) is 0 Å². The number of rotatable bonds is 5. The largest absolute Gasteiger partial charge is 0.378 e. The molecule has 4 aromatic rings. The van der Waals surface area contributed by atoms with Gasteiger partial charge in [0.25, 0.3) is 0 Å². The van der Waals surface area contributed by atoms with Gasteiger partial charge in [-0.25, -0.2) is 4.98 Å². The summed E-state index contributed by atoms with van der Waals surface area (Å²) in [5.74, 6) is 0.922. The number of halogens is 2. The van der Waals surface area contributed by atoms with Gasteiger partial charge in [-0.1, -0.05) is 56.1 Å². The maximum atomic E-state index is 5.14. The van der Waals surface area contributed by atoms with Crippen LogP contribution >= 0.6 is 31.9 Å². The van der Waals surface area contributed by atoms with Gasteiger partial charge < -0.3 is 14.4 Å². The molecule has 0 radical (unpaired) electrons. The van der Waals surface area contributed by atoms with Gasteiger partial charge in [0, 0.05) is 72.2 Å². The molecule has 1 heterocycles. The lowest BCUT2D eigenvalue weighted by Crippen LogP contribution is -2.08. The second kappa shape index (κ2) is 9.12. The fourth-order valence-corrected chi connectivity index (χ4v) is 5.10. The Morgan fingerprint density at radius 1 is 0.656 bits per heavy atom. The number of nitrogens with zero attached hydrogens (tertiary/aromatic N) is 4. The third-order valence-corrected chi connectivity index (χ3v) is 6.45. The minimum atomic E-state index is 0.922. The number of hydrogen-bond donors (Lipinski definition) is 0. The van der Waals surface area contributed by atoms with Crippen molar-refractivity contribution in [2.75, 3.05) is 38.0 Å². The zero-order valence-corrected chi connectivity index (χ0v) is 22.1. The van der Waals surface area contributed by atoms with Crippen molar-refractivity contribution >= 4 is 43.2 Å². The minimum Gasteiger partial charge on any atom is -0.378 e. The van der Waals surface area contributed by atoms with E-state index in [0.717, 1.165) is 48.5 Å². The zero-order valence-electron chi connectivity index (χ0n) is 18.9. The van der Waals surface area contributed by atoms with E-state index in [9.17, 15) is 0 Å². The van der Waals surface area contributed by atoms with Crippen LogP contribution in [0.4, 0.5) is 11.4 Å². The molecule has 4 nitrogen and oxygen atoms in total. The van der Waals surface area contributed by atoms with E-state index in [4.69, 9.17) is 4.98 Å². The lowest BCUT2D eigenvalue weighted by molar-refractivity contribution is 0.932. The standard InChI is InChI=1S/C26H26Br2N4/c1-30(2)22-10-6-17(7-11-22)24-25(18-8-12-23(13-9-18)31(3)4)32(5)26(29-24)19-14-20(27)16-21(28)15-19/h6-16H,1-5H3. The van der Waals surface area contributed by atoms with E-state index < -0.39 is 0 Å². The molecule has 0 amide bonds. The Morgan fingerprint density at radius 2 is 1.12 bits per heavy atom. The van der Waals surface area contributed by atoms with Crippen LogP contribution in [0.25, 0.3) is 33.9 Å². The molecule has 0 aliphatic carbocycles. The van der Waals surface area contributed by atoms with Gasteiger partial charge >= 0.3 is 0 Å². The highest BCUT2D eigenvalue weighted by molar-refractivity contribution is 9.11. The average Bonchev–Trinajstić information content (AvgIpc) is 3.10. The summed E-state index contributed by atoms with van der Waals surface area (Å²) < 4.78 is 4.21. The summed E-state index contributed by atoms with van der Waals surface area (Å²) in [4.78, 5) is 9.35. The molecule has 0 spiro atoms. The molecule has 0 N–H and O–H groups in total. The molecule has 0 unspecified atom stereocenters. The number of benzene rings is 3. The van der Waals surface area contributed by atoms with Crippen LogP contribution in [0.15, 0.2) is 75.7 Å². The maximum absolute atomic E-state index is 5.14. The van der Waals surface area contributed by atoms with Crippen molar-refractivity contribution in [1.29, 1.82) is 0 Å². The van der Waals surface area contributed by atoms with Gasteiger partial charge in [-0.2, -0.15) is 0 Å². The van der Waals surface area contributed by atoms with Gasteiger partial charge in [0.15, 0.2) is 0 Å². The summed E-state index contributed by atoms with van der Waals surface area (Å²) >= 11 is 7.23. The SMILES string of the molecule is CN(C)c1ccc(-c2nc(-c3cc(Br)cc(Br)c3)n(C)c2-c2ccc(N(C)C)cc2)cc1. The topological polar surface area (TPSA) is 24.3 Å². The average molecular weight is 554 g/mol. The fourth-order valence-electron chi connectivity index (χ4n) is 3.81. The van der Waals surface area contributed by atoms with Gasteiger partial charge in [-0.3, -0.25) is 0 Å². The van der Waals surface area contributed by atoms with Crippen LogP contribution in [-0.4, -0.2) is 37.7 Å². The molecule has 0 fully saturated rings. The van der Waals surface area contributed by atoms with Gasteiger partial charge in [-0.05, 0) is 42.5 Å². The van der Waals surface area contributed by atoms with Crippen molar-refractivity contribution in [3.63, 3.8) is 0 Å². The number of anilines is 2. The van der Waals surface area contributed by atoms with Crippen LogP contribution in [0.2, 0.25) is 0 Å². The Kier molecular flexibility index (Phi) is 6.45. The van der Waals surface area contributed by atoms with E-state index in [2.05, 4.69) is 142 Å². The second-order valence-electron chi connectivity index (χ2n) is 8.23. The molecule has 0 atom stereocenters. The van der Waals surface area contributed by atoms with Crippen molar-refractivity contribution in [2.45, 2.75) is 0 Å². The van der Waals surface area contributed by atoms with E-state index in [1.807, 2.05) is 6.07 Å². The first-order valence-corrected chi connectivity index (χ1v) is 11.9. The summed E-state index contributed by atoms with van der Waals surface area (Å²) in [6.07, 6.45) is 0. The summed E-state index contributed by atoms with van der Waals surface area (Å²) in [5.41, 5.74) is 7.69. The predicted octanol–water partition coefficient (Wildman–Crippen LogP) is 7.08. The molecular formula is C26H26Br2N4. The normalized spacial score (nSPS) is 11.0. The summed E-state index contributed by atoms with van der Waals surface area (Å²) in [5, 5.41) is 0. The Morgan fingerprint density at radius 3 is 1.59 bits per heavy atom. The Labute approximate surface area is 206 Å². The zero-order chi connectivity index (χ0) is 23.0. The third-order valence-electron chi connectivity index (χ3n) is 5.53. The highest BCUT2D eigenvalue weighted by Gasteiger charge is 2.20. The van der Waals surface area contributed by atoms with Gasteiger partial charge in [0.1, 0.15) is 5.82 Å². The van der Waals surface area contributed by atoms with Gasteiger partial charge in [0.05, 0.1) is 11.4 Å². The molecule has 32 heavy (non-hydrogen) atoms. The maximum Gasteiger partial charge on any atom is 0.140 e. The lowest BCUT2D eigenvalue weighted by Gasteiger charge is -2.14. The molecule has 164 valence electrons. The molecular weight excluding hydrogens is 528 g/mol. The first-order chi connectivity index (χ1) is 15.2. The molecule has 3 aromatic carbocycles. The number of aromatic nitrogens is 2. The second-order valence-corrected chi connectivity index (χ2v) is 10.1. The van der Waals surface area contributed by atoms with Crippen LogP contribution < -0.4 is 9.80 Å². The summed E-state index contributed by atoms with van der Waals surface area (Å²) in [6, 6.07) is 23.5. The molecule has 0 saturated heterocycles. The van der Waals surface area contributed by atoms with Crippen molar-refractivity contribution in [3.05, 3.63) is 75.7 Å². The molecule has 1 aromatic heterocycles. The Hall–Kier alpha value is -2.57. The monoisotopic (exact) mass is 552 g/mol. The van der Waals surface area contributed by atoms with E-state index in [1.54, 1.807) is 0 Å². The lowest BCUT2D eigenvalue weighted by atomic mass is 10.0. The van der Waals surface area contributed by atoms with Crippen molar-refractivity contribution in [1.82, 2.24) is 9.55 Å². The molecule has 0 aliphatic rings. The fraction of sp³-hybridized carbons (Fsp3) is 0.192. The highest BCUT2D eigenvalue weighted by atomic mass is 79.9. The Balaban J connectivity index is 1.92. The molecule has 4 rings (SSSR count).